The Balaban J connectivity index is 2.40. The molecule has 15 heavy (non-hydrogen) atoms. The number of amides is 1. The van der Waals surface area contributed by atoms with Crippen molar-refractivity contribution >= 4 is 23.3 Å². The molecule has 0 spiro atoms. The number of nitrogens with zero attached hydrogens (tertiary/aromatic N) is 2. The topological polar surface area (TPSA) is 56.7 Å². The van der Waals surface area contributed by atoms with E-state index in [1.54, 1.807) is 0 Å². The lowest BCUT2D eigenvalue weighted by atomic mass is 10.1. The lowest BCUT2D eigenvalue weighted by molar-refractivity contribution is -0.110. The summed E-state index contributed by atoms with van der Waals surface area (Å²) in [7, 11) is 2.13. The Labute approximate surface area is 94.7 Å². The van der Waals surface area contributed by atoms with Crippen LogP contribution in [0.4, 0.5) is 0 Å². The fourth-order valence-corrected chi connectivity index (χ4v) is 1.93. The molecule has 1 amide bonds. The molecular formula is C9H18N4OS. The van der Waals surface area contributed by atoms with Gasteiger partial charge >= 0.3 is 0 Å². The second kappa shape index (κ2) is 6.68. The predicted molar refractivity (Wildman–Crippen MR) is 63.8 cm³/mol. The number of hydrazine groups is 1. The van der Waals surface area contributed by atoms with E-state index in [0.29, 0.717) is 12.5 Å². The molecule has 1 rings (SSSR count). The van der Waals surface area contributed by atoms with Gasteiger partial charge in [-0.25, -0.2) is 0 Å². The monoisotopic (exact) mass is 230 g/mol. The van der Waals surface area contributed by atoms with E-state index in [1.807, 2.05) is 6.26 Å². The summed E-state index contributed by atoms with van der Waals surface area (Å²) in [5.41, 5.74) is 5.16. The number of amidine groups is 1. The Hall–Kier alpha value is -0.750. The van der Waals surface area contributed by atoms with Gasteiger partial charge in [-0.05, 0) is 39.2 Å². The van der Waals surface area contributed by atoms with Crippen molar-refractivity contribution in [2.75, 3.05) is 26.4 Å². The smallest absolute Gasteiger partial charge is 0.225 e. The first-order valence-corrected chi connectivity index (χ1v) is 6.24. The Morgan fingerprint density at radius 1 is 1.53 bits per heavy atom. The van der Waals surface area contributed by atoms with Gasteiger partial charge in [0.25, 0.3) is 0 Å². The molecule has 2 N–H and O–H groups in total. The van der Waals surface area contributed by atoms with Crippen LogP contribution in [-0.4, -0.2) is 48.9 Å². The number of likely N-dealkylation sites (tertiary alicyclic amines) is 1. The molecule has 0 saturated carbocycles. The average Bonchev–Trinajstić information content (AvgIpc) is 2.27. The van der Waals surface area contributed by atoms with E-state index in [4.69, 9.17) is 0 Å². The summed E-state index contributed by atoms with van der Waals surface area (Å²) < 4.78 is 0. The Bertz CT molecular complexity index is 226. The van der Waals surface area contributed by atoms with E-state index in [-0.39, 0.29) is 0 Å². The van der Waals surface area contributed by atoms with Gasteiger partial charge in [0.2, 0.25) is 6.41 Å². The molecule has 1 saturated heterocycles. The van der Waals surface area contributed by atoms with Crippen LogP contribution >= 0.6 is 11.8 Å². The maximum absolute atomic E-state index is 10.1. The molecule has 1 heterocycles. The third-order valence-electron chi connectivity index (χ3n) is 2.42. The number of carbonyl (C=O) groups excluding carboxylic acids is 1. The van der Waals surface area contributed by atoms with Crippen molar-refractivity contribution < 1.29 is 4.79 Å². The molecule has 0 radical (unpaired) electrons. The van der Waals surface area contributed by atoms with Gasteiger partial charge in [-0.1, -0.05) is 11.8 Å². The first kappa shape index (κ1) is 12.3. The SMILES string of the molecule is CSC(=NC1CCN(C)CC1)NNC=O. The van der Waals surface area contributed by atoms with E-state index in [9.17, 15) is 4.79 Å². The van der Waals surface area contributed by atoms with E-state index < -0.39 is 0 Å². The Morgan fingerprint density at radius 3 is 2.73 bits per heavy atom. The highest BCUT2D eigenvalue weighted by Crippen LogP contribution is 2.13. The maximum atomic E-state index is 10.1. The number of thioether (sulfide) groups is 1. The Morgan fingerprint density at radius 2 is 2.20 bits per heavy atom. The van der Waals surface area contributed by atoms with Crippen LogP contribution in [0.2, 0.25) is 0 Å². The minimum Gasteiger partial charge on any atom is -0.306 e. The number of hydrogen-bond acceptors (Lipinski definition) is 4. The highest BCUT2D eigenvalue weighted by Gasteiger charge is 2.16. The molecule has 0 aromatic heterocycles. The zero-order valence-electron chi connectivity index (χ0n) is 9.19. The molecule has 0 aliphatic carbocycles. The second-order valence-electron chi connectivity index (χ2n) is 3.56. The van der Waals surface area contributed by atoms with Crippen LogP contribution in [0.1, 0.15) is 12.8 Å². The van der Waals surface area contributed by atoms with Crippen molar-refractivity contribution in [1.29, 1.82) is 0 Å². The largest absolute Gasteiger partial charge is 0.306 e. The summed E-state index contributed by atoms with van der Waals surface area (Å²) in [6, 6.07) is 0.379. The second-order valence-corrected chi connectivity index (χ2v) is 4.35. The first-order chi connectivity index (χ1) is 7.26. The number of hydrogen-bond donors (Lipinski definition) is 2. The van der Waals surface area contributed by atoms with Crippen molar-refractivity contribution in [3.8, 4) is 0 Å². The van der Waals surface area contributed by atoms with Crippen molar-refractivity contribution in [3.63, 3.8) is 0 Å². The summed E-state index contributed by atoms with van der Waals surface area (Å²) >= 11 is 1.51. The van der Waals surface area contributed by atoms with Crippen LogP contribution in [0.15, 0.2) is 4.99 Å². The lowest BCUT2D eigenvalue weighted by Crippen LogP contribution is -2.37. The van der Waals surface area contributed by atoms with Crippen molar-refractivity contribution in [1.82, 2.24) is 15.8 Å². The summed E-state index contributed by atoms with van der Waals surface area (Å²) in [5, 5.41) is 0.775. The van der Waals surface area contributed by atoms with E-state index in [0.717, 1.165) is 31.1 Å². The first-order valence-electron chi connectivity index (χ1n) is 5.01. The number of nitrogens with one attached hydrogen (secondary N) is 2. The fourth-order valence-electron chi connectivity index (χ4n) is 1.52. The molecule has 6 heteroatoms. The minimum absolute atomic E-state index is 0.379. The van der Waals surface area contributed by atoms with Crippen LogP contribution in [0, 0.1) is 0 Å². The lowest BCUT2D eigenvalue weighted by Gasteiger charge is -2.26. The van der Waals surface area contributed by atoms with Crippen molar-refractivity contribution in [2.24, 2.45) is 4.99 Å². The highest BCUT2D eigenvalue weighted by molar-refractivity contribution is 8.13. The molecule has 0 bridgehead atoms. The van der Waals surface area contributed by atoms with Crippen LogP contribution in [-0.2, 0) is 4.79 Å². The highest BCUT2D eigenvalue weighted by atomic mass is 32.2. The number of piperidine rings is 1. The molecule has 0 aromatic rings. The summed E-state index contributed by atoms with van der Waals surface area (Å²) in [6.45, 7) is 2.19. The molecular weight excluding hydrogens is 212 g/mol. The summed E-state index contributed by atoms with van der Waals surface area (Å²) in [5.74, 6) is 0. The normalized spacial score (nSPS) is 20.0. The third-order valence-corrected chi connectivity index (χ3v) is 3.01. The molecule has 0 atom stereocenters. The van der Waals surface area contributed by atoms with Gasteiger partial charge in [0.05, 0.1) is 6.04 Å². The quantitative estimate of drug-likeness (QED) is 0.311. The molecule has 86 valence electrons. The zero-order chi connectivity index (χ0) is 11.1. The maximum Gasteiger partial charge on any atom is 0.225 e. The molecule has 1 fully saturated rings. The molecule has 0 unspecified atom stereocenters. The molecule has 0 aromatic carbocycles. The van der Waals surface area contributed by atoms with Gasteiger partial charge in [-0.3, -0.25) is 20.6 Å². The third kappa shape index (κ3) is 4.53. The van der Waals surface area contributed by atoms with Crippen molar-refractivity contribution in [2.45, 2.75) is 18.9 Å². The van der Waals surface area contributed by atoms with Gasteiger partial charge in [-0.15, -0.1) is 0 Å². The number of aliphatic imine (C=N–C) groups is 1. The van der Waals surface area contributed by atoms with Crippen LogP contribution in [0.3, 0.4) is 0 Å². The van der Waals surface area contributed by atoms with Gasteiger partial charge in [0, 0.05) is 0 Å². The molecule has 1 aliphatic rings. The Kier molecular flexibility index (Phi) is 5.49. The van der Waals surface area contributed by atoms with Gasteiger partial charge in [0.1, 0.15) is 0 Å². The average molecular weight is 230 g/mol. The fraction of sp³-hybridized carbons (Fsp3) is 0.778. The van der Waals surface area contributed by atoms with Crippen molar-refractivity contribution in [3.05, 3.63) is 0 Å². The molecule has 1 aliphatic heterocycles. The van der Waals surface area contributed by atoms with E-state index in [2.05, 4.69) is 27.8 Å². The number of rotatable bonds is 3. The molecule has 5 nitrogen and oxygen atoms in total. The predicted octanol–water partition coefficient (Wildman–Crippen LogP) is 0.0502. The van der Waals surface area contributed by atoms with Crippen LogP contribution in [0.25, 0.3) is 0 Å². The summed E-state index contributed by atoms with van der Waals surface area (Å²) in [4.78, 5) is 17.0. The number of carbonyl (C=O) groups is 1. The van der Waals surface area contributed by atoms with Gasteiger partial charge < -0.3 is 4.90 Å². The van der Waals surface area contributed by atoms with Gasteiger partial charge in [0.15, 0.2) is 5.17 Å². The van der Waals surface area contributed by atoms with E-state index in [1.165, 1.54) is 11.8 Å². The van der Waals surface area contributed by atoms with Gasteiger partial charge in [-0.2, -0.15) is 0 Å². The zero-order valence-corrected chi connectivity index (χ0v) is 10.0. The minimum atomic E-state index is 0.379. The van der Waals surface area contributed by atoms with Crippen LogP contribution < -0.4 is 10.9 Å². The standard InChI is InChI=1S/C9H18N4OS/c1-13-5-3-8(4-6-13)11-9(15-2)12-10-7-14/h7-8H,3-6H2,1-2H3,(H,10,14)(H,11,12). The van der Waals surface area contributed by atoms with Crippen LogP contribution in [0.5, 0.6) is 0 Å². The summed E-state index contributed by atoms with van der Waals surface area (Å²) in [6.07, 6.45) is 4.72. The van der Waals surface area contributed by atoms with E-state index >= 15 is 0 Å².